The van der Waals surface area contributed by atoms with Crippen molar-refractivity contribution >= 4 is 21.8 Å². The van der Waals surface area contributed by atoms with Crippen molar-refractivity contribution in [3.05, 3.63) is 46.8 Å². The topological polar surface area (TPSA) is 86.4 Å². The molecule has 1 unspecified atom stereocenters. The smallest absolute Gasteiger partial charge is 0.496 e. The van der Waals surface area contributed by atoms with Gasteiger partial charge in [-0.15, -0.1) is 0 Å². The Morgan fingerprint density at radius 1 is 1.32 bits per heavy atom. The Labute approximate surface area is 170 Å². The van der Waals surface area contributed by atoms with Crippen molar-refractivity contribution in [3.8, 4) is 5.75 Å². The molecular weight excluding hydrogens is 349 g/mol. The van der Waals surface area contributed by atoms with E-state index in [1.165, 1.54) is 0 Å². The molecule has 0 spiro atoms. The quantitative estimate of drug-likeness (QED) is 0.583. The van der Waals surface area contributed by atoms with Gasteiger partial charge in [0.1, 0.15) is 5.75 Å². The summed E-state index contributed by atoms with van der Waals surface area (Å²) in [5, 5.41) is 9.46. The fourth-order valence-corrected chi connectivity index (χ4v) is 3.66. The molecule has 0 aliphatic heterocycles. The number of pyridine rings is 1. The second kappa shape index (κ2) is 8.42. The number of imidazole rings is 1. The number of aliphatic hydroxyl groups excluding tert-OH is 1. The molecule has 0 fully saturated rings. The van der Waals surface area contributed by atoms with Crippen molar-refractivity contribution in [2.24, 2.45) is 0 Å². The molecule has 1 atom stereocenters. The van der Waals surface area contributed by atoms with Crippen LogP contribution in [0, 0.1) is 13.8 Å². The number of fused-ring (bicyclic) bond motifs is 1. The van der Waals surface area contributed by atoms with Crippen LogP contribution in [0.1, 0.15) is 22.4 Å². The van der Waals surface area contributed by atoms with Gasteiger partial charge < -0.3 is 19.8 Å². The maximum Gasteiger partial charge on any atom is 1.00 e. The molecular formula is C17H18N3NaO3S. The molecule has 2 aromatic heterocycles. The third-order valence-corrected chi connectivity index (χ3v) is 5.00. The number of nitrogens with zero attached hydrogens (tertiary/aromatic N) is 3. The molecule has 126 valence electrons. The molecule has 0 bridgehead atoms. The monoisotopic (exact) mass is 367 g/mol. The first-order valence-corrected chi connectivity index (χ1v) is 8.77. The van der Waals surface area contributed by atoms with Crippen molar-refractivity contribution < 1.29 is 43.6 Å². The van der Waals surface area contributed by atoms with Crippen LogP contribution in [0.25, 0.3) is 11.0 Å². The SMILES string of the molecule is COc1c(C)cnc(CS(=O)c2nc3cc(CO)ccc3[n-]2)c1C.[Na+]. The Kier molecular flexibility index (Phi) is 6.76. The zero-order valence-corrected chi connectivity index (χ0v) is 17.6. The van der Waals surface area contributed by atoms with Gasteiger partial charge in [0, 0.05) is 22.5 Å². The van der Waals surface area contributed by atoms with E-state index in [4.69, 9.17) is 4.74 Å². The van der Waals surface area contributed by atoms with Crippen LogP contribution in [0.2, 0.25) is 0 Å². The summed E-state index contributed by atoms with van der Waals surface area (Å²) in [6.07, 6.45) is 1.72. The minimum Gasteiger partial charge on any atom is -0.496 e. The van der Waals surface area contributed by atoms with Crippen LogP contribution in [-0.2, 0) is 23.2 Å². The zero-order chi connectivity index (χ0) is 17.3. The number of ether oxygens (including phenoxy) is 1. The summed E-state index contributed by atoms with van der Waals surface area (Å²) in [6.45, 7) is 3.76. The first-order chi connectivity index (χ1) is 11.5. The maximum atomic E-state index is 12.6. The van der Waals surface area contributed by atoms with Gasteiger partial charge in [0.15, 0.2) is 0 Å². The van der Waals surface area contributed by atoms with E-state index >= 15 is 0 Å². The van der Waals surface area contributed by atoms with Gasteiger partial charge in [0.05, 0.1) is 36.0 Å². The second-order valence-corrected chi connectivity index (χ2v) is 6.87. The van der Waals surface area contributed by atoms with Crippen LogP contribution in [0.3, 0.4) is 0 Å². The van der Waals surface area contributed by atoms with Crippen LogP contribution < -0.4 is 39.3 Å². The third kappa shape index (κ3) is 4.12. The van der Waals surface area contributed by atoms with Crippen LogP contribution in [0.15, 0.2) is 29.6 Å². The summed E-state index contributed by atoms with van der Waals surface area (Å²) in [4.78, 5) is 13.0. The van der Waals surface area contributed by atoms with Gasteiger partial charge >= 0.3 is 29.6 Å². The molecule has 0 saturated carbocycles. The number of methoxy groups -OCH3 is 1. The minimum atomic E-state index is -1.41. The van der Waals surface area contributed by atoms with Crippen LogP contribution in [-0.4, -0.2) is 26.4 Å². The first-order valence-electron chi connectivity index (χ1n) is 7.45. The normalized spacial score (nSPS) is 12.0. The van der Waals surface area contributed by atoms with Crippen molar-refractivity contribution in [2.45, 2.75) is 31.4 Å². The second-order valence-electron chi connectivity index (χ2n) is 5.52. The van der Waals surface area contributed by atoms with E-state index in [0.717, 1.165) is 22.4 Å². The Bertz CT molecular complexity index is 927. The molecule has 8 heteroatoms. The third-order valence-electron chi connectivity index (χ3n) is 3.88. The van der Waals surface area contributed by atoms with Crippen LogP contribution >= 0.6 is 0 Å². The van der Waals surface area contributed by atoms with Crippen molar-refractivity contribution in [3.63, 3.8) is 0 Å². The number of aromatic nitrogens is 3. The van der Waals surface area contributed by atoms with E-state index in [-0.39, 0.29) is 47.1 Å². The van der Waals surface area contributed by atoms with E-state index in [9.17, 15) is 9.32 Å². The van der Waals surface area contributed by atoms with Crippen LogP contribution in [0.4, 0.5) is 0 Å². The van der Waals surface area contributed by atoms with E-state index in [0.29, 0.717) is 16.7 Å². The first kappa shape index (κ1) is 20.1. The predicted molar refractivity (Wildman–Crippen MR) is 91.4 cm³/mol. The predicted octanol–water partition coefficient (Wildman–Crippen LogP) is -0.983. The standard InChI is InChI=1S/C17H18N3O3S.Na/c1-10-7-18-15(11(2)16(10)23-3)9-24(22)17-19-13-5-4-12(8-21)6-14(13)20-17;/h4-7,21H,8-9H2,1-3H3;/q-1;+1. The van der Waals surface area contributed by atoms with Gasteiger partial charge in [-0.1, -0.05) is 18.2 Å². The number of aryl methyl sites for hydroxylation is 1. The average molecular weight is 367 g/mol. The van der Waals surface area contributed by atoms with E-state index in [1.54, 1.807) is 31.5 Å². The molecule has 0 aliphatic rings. The summed E-state index contributed by atoms with van der Waals surface area (Å²) in [6, 6.07) is 5.30. The van der Waals surface area contributed by atoms with Gasteiger partial charge in [0.25, 0.3) is 0 Å². The molecule has 0 saturated heterocycles. The summed E-state index contributed by atoms with van der Waals surface area (Å²) in [7, 11) is 0.207. The largest absolute Gasteiger partial charge is 1.00 e. The van der Waals surface area contributed by atoms with E-state index in [2.05, 4.69) is 15.0 Å². The number of hydrogen-bond donors (Lipinski definition) is 1. The minimum absolute atomic E-state index is 0. The van der Waals surface area contributed by atoms with Crippen molar-refractivity contribution in [1.82, 2.24) is 15.0 Å². The number of rotatable bonds is 5. The Morgan fingerprint density at radius 2 is 2.08 bits per heavy atom. The van der Waals surface area contributed by atoms with Gasteiger partial charge in [-0.2, -0.15) is 0 Å². The molecule has 3 aromatic rings. The fourth-order valence-electron chi connectivity index (χ4n) is 2.59. The van der Waals surface area contributed by atoms with Crippen molar-refractivity contribution in [1.29, 1.82) is 0 Å². The average Bonchev–Trinajstić information content (AvgIpc) is 3.01. The maximum absolute atomic E-state index is 12.6. The molecule has 3 rings (SSSR count). The van der Waals surface area contributed by atoms with Crippen LogP contribution in [0.5, 0.6) is 5.75 Å². The summed E-state index contributed by atoms with van der Waals surface area (Å²) < 4.78 is 18.0. The molecule has 1 N–H and O–H groups in total. The molecule has 0 amide bonds. The molecule has 6 nitrogen and oxygen atoms in total. The van der Waals surface area contributed by atoms with Gasteiger partial charge in [-0.3, -0.25) is 9.19 Å². The molecule has 2 heterocycles. The molecule has 0 aliphatic carbocycles. The van der Waals surface area contributed by atoms with E-state index < -0.39 is 10.8 Å². The number of aliphatic hydroxyl groups is 1. The zero-order valence-electron chi connectivity index (χ0n) is 14.7. The van der Waals surface area contributed by atoms with E-state index in [1.807, 2.05) is 13.8 Å². The summed E-state index contributed by atoms with van der Waals surface area (Å²) in [5.41, 5.74) is 4.58. The van der Waals surface area contributed by atoms with Gasteiger partial charge in [0.2, 0.25) is 0 Å². The summed E-state index contributed by atoms with van der Waals surface area (Å²) >= 11 is 0. The number of benzene rings is 1. The molecule has 0 radical (unpaired) electrons. The Hall–Kier alpha value is -1.25. The Morgan fingerprint density at radius 3 is 2.76 bits per heavy atom. The van der Waals surface area contributed by atoms with Crippen molar-refractivity contribution in [2.75, 3.05) is 7.11 Å². The van der Waals surface area contributed by atoms with Gasteiger partial charge in [-0.05, 0) is 30.4 Å². The van der Waals surface area contributed by atoms with Gasteiger partial charge in [-0.25, -0.2) is 0 Å². The fraction of sp³-hybridized carbons (Fsp3) is 0.294. The number of hydrogen-bond acceptors (Lipinski definition) is 5. The molecule has 25 heavy (non-hydrogen) atoms. The Balaban J connectivity index is 0.00000225. The summed E-state index contributed by atoms with van der Waals surface area (Å²) in [5.74, 6) is 0.990. The molecule has 1 aromatic carbocycles.